The molecule has 95 heavy (non-hydrogen) atoms. The molecule has 14 rings (SSSR count). The number of thiophene rings is 2. The summed E-state index contributed by atoms with van der Waals surface area (Å²) >= 11 is 7.31. The molecule has 9 heteroatoms. The number of fused-ring (bicyclic) bond motifs is 19. The van der Waals surface area contributed by atoms with Crippen molar-refractivity contribution >= 4 is 139 Å². The van der Waals surface area contributed by atoms with Crippen LogP contribution in [0.3, 0.4) is 0 Å². The van der Waals surface area contributed by atoms with Gasteiger partial charge in [0.15, 0.2) is 11.6 Å². The topological polar surface area (TPSA) is 34.1 Å². The smallest absolute Gasteiger partial charge is 0.195 e. The van der Waals surface area contributed by atoms with Crippen molar-refractivity contribution in [3.8, 4) is 34.9 Å². The molecule has 0 N–H and O–H groups in total. The fraction of sp³-hybridized carbons (Fsp3) is 0.372. The van der Waals surface area contributed by atoms with Crippen LogP contribution in [0.4, 0.5) is 0 Å². The van der Waals surface area contributed by atoms with Gasteiger partial charge in [0.2, 0.25) is 0 Å². The number of hydrogen-bond donors (Lipinski definition) is 0. The van der Waals surface area contributed by atoms with Crippen LogP contribution in [0, 0.1) is 34.9 Å². The van der Waals surface area contributed by atoms with Gasteiger partial charge in [0.05, 0.1) is 5.56 Å². The van der Waals surface area contributed by atoms with Crippen molar-refractivity contribution in [2.24, 2.45) is 0 Å². The molecule has 4 heterocycles. The van der Waals surface area contributed by atoms with Crippen molar-refractivity contribution in [3.63, 3.8) is 0 Å². The van der Waals surface area contributed by atoms with E-state index in [1.165, 1.54) is 74.1 Å². The van der Waals surface area contributed by atoms with Gasteiger partial charge in [-0.2, -0.15) is 0 Å². The summed E-state index contributed by atoms with van der Waals surface area (Å²) in [5.41, 5.74) is 27.4. The molecule has 0 radical (unpaired) electrons. The number of carbonyl (C=O) groups excluding carboxylic acids is 2. The first-order valence-corrected chi connectivity index (χ1v) is 44.6. The zero-order valence-electron chi connectivity index (χ0n) is 58.4. The first-order chi connectivity index (χ1) is 44.9. The van der Waals surface area contributed by atoms with Crippen LogP contribution in [0.15, 0.2) is 160 Å². The minimum Gasteiger partial charge on any atom is -0.289 e. The standard InChI is InChI=1S/C48H56S2Si2.C26H14O2S2.C11H22Si.CH4/c1-29(2)51(30(3)4,31(5)6)27-25-39-37-21-23-42-36-18-14-16-20-44(36)50-48(42)46(37)40(26-28-52(32(7)8,33(9)10)34(11)12)38-22-24-41-35-17-13-15-19-43(35)49-47(41)45(38)39;27-23-18-12-10-16-14-6-2-4-8-20(14)30-26(16)22(18)24(28)17-11-9-15-13-5-1-3-7-19(13)29-25(15)21(17)23;1-8-12(9(2)3,10(4)5)11(6)7;/h13-24,29-34,41,47H,1-12H3;1-12,15,25H;1,9-11H,2-7H3;1H4. The van der Waals surface area contributed by atoms with Crippen molar-refractivity contribution in [1.82, 2.24) is 0 Å². The molecule has 2 aliphatic heterocycles. The molecule has 0 saturated heterocycles. The van der Waals surface area contributed by atoms with E-state index in [4.69, 9.17) is 6.42 Å². The van der Waals surface area contributed by atoms with Crippen LogP contribution < -0.4 is 0 Å². The van der Waals surface area contributed by atoms with E-state index in [1.54, 1.807) is 23.1 Å². The molecule has 488 valence electrons. The summed E-state index contributed by atoms with van der Waals surface area (Å²) in [5, 5.41) is 7.75. The van der Waals surface area contributed by atoms with Crippen LogP contribution in [0.2, 0.25) is 49.9 Å². The van der Waals surface area contributed by atoms with Crippen LogP contribution >= 0.6 is 46.2 Å². The second-order valence-electron chi connectivity index (χ2n) is 29.7. The minimum atomic E-state index is -2.02. The third kappa shape index (κ3) is 11.3. The highest BCUT2D eigenvalue weighted by Gasteiger charge is 2.47. The van der Waals surface area contributed by atoms with Crippen LogP contribution in [-0.2, 0) is 0 Å². The Kier molecular flexibility index (Phi) is 20.1. The summed E-state index contributed by atoms with van der Waals surface area (Å²) in [6.07, 6.45) is 14.7. The average molecular weight is 1370 g/mol. The van der Waals surface area contributed by atoms with E-state index in [1.807, 2.05) is 65.6 Å². The zero-order chi connectivity index (χ0) is 67.2. The third-order valence-electron chi connectivity index (χ3n) is 22.6. The third-order valence-corrected chi connectivity index (χ3v) is 46.6. The number of hydrogen-bond acceptors (Lipinski definition) is 6. The predicted molar refractivity (Wildman–Crippen MR) is 429 cm³/mol. The van der Waals surface area contributed by atoms with Gasteiger partial charge in [0, 0.05) is 111 Å². The Hall–Kier alpha value is -6.17. The average Bonchev–Trinajstić information content (AvgIpc) is 1.65. The Morgan fingerprint density at radius 2 is 0.853 bits per heavy atom. The van der Waals surface area contributed by atoms with Gasteiger partial charge in [-0.15, -0.1) is 69.3 Å². The first-order valence-electron chi connectivity index (χ1n) is 34.5. The number of terminal acetylenes is 1. The van der Waals surface area contributed by atoms with Gasteiger partial charge in [-0.25, -0.2) is 0 Å². The Morgan fingerprint density at radius 3 is 1.36 bits per heavy atom. The van der Waals surface area contributed by atoms with Crippen molar-refractivity contribution in [2.75, 3.05) is 0 Å². The SMILES string of the molecule is C.C#C[Si](C(C)C)(C(C)C)C(C)C.CC(C)[Si](C#Cc1c2c(c(C#C[Si](C(C)C)(C(C)C)C(C)C)c3c1ccc1c4ccccc4sc13)C=CC1c3ccccc3SC21)(C(C)C)C(C)C.O=C1C2=C(C=CC3c4ccccc4SC23)C(=O)c2c1ccc1c2sc2ccccc21. The van der Waals surface area contributed by atoms with E-state index in [0.717, 1.165) is 20.2 Å². The van der Waals surface area contributed by atoms with Gasteiger partial charge in [-0.1, -0.05) is 259 Å². The van der Waals surface area contributed by atoms with Crippen molar-refractivity contribution in [2.45, 2.75) is 214 Å². The van der Waals surface area contributed by atoms with Gasteiger partial charge in [-0.3, -0.25) is 9.59 Å². The highest BCUT2D eigenvalue weighted by Crippen LogP contribution is 2.61. The Bertz CT molecular complexity index is 4750. The summed E-state index contributed by atoms with van der Waals surface area (Å²) < 4.78 is 4.77. The summed E-state index contributed by atoms with van der Waals surface area (Å²) in [7, 11) is -5.51. The van der Waals surface area contributed by atoms with Gasteiger partial charge in [-0.05, 0) is 102 Å². The molecule has 0 saturated carbocycles. The van der Waals surface area contributed by atoms with Crippen LogP contribution in [0.25, 0.3) is 57.2 Å². The van der Waals surface area contributed by atoms with E-state index in [0.29, 0.717) is 78.1 Å². The van der Waals surface area contributed by atoms with E-state index in [2.05, 4.69) is 256 Å². The molecular weight excluding hydrogens is 1280 g/mol. The molecule has 9 aromatic rings. The maximum absolute atomic E-state index is 13.7. The number of allylic oxidation sites excluding steroid dienone is 4. The lowest BCUT2D eigenvalue weighted by atomic mass is 9.75. The normalized spacial score (nSPS) is 17.8. The maximum atomic E-state index is 13.7. The summed E-state index contributed by atoms with van der Waals surface area (Å²) in [6, 6.07) is 43.2. The molecule has 2 aromatic heterocycles. The lowest BCUT2D eigenvalue weighted by molar-refractivity contribution is 0.0975. The van der Waals surface area contributed by atoms with E-state index >= 15 is 0 Å². The van der Waals surface area contributed by atoms with Gasteiger partial charge in [0.25, 0.3) is 0 Å². The lowest BCUT2D eigenvalue weighted by Gasteiger charge is -2.38. The van der Waals surface area contributed by atoms with Crippen molar-refractivity contribution < 1.29 is 9.59 Å². The summed E-state index contributed by atoms with van der Waals surface area (Å²) in [5.74, 6) is 8.72. The summed E-state index contributed by atoms with van der Waals surface area (Å²) in [6.45, 7) is 42.9. The minimum absolute atomic E-state index is 0. The number of thioether (sulfide) groups is 2. The molecule has 4 unspecified atom stereocenters. The van der Waals surface area contributed by atoms with Crippen LogP contribution in [0.1, 0.15) is 203 Å². The molecule has 0 spiro atoms. The van der Waals surface area contributed by atoms with E-state index in [9.17, 15) is 9.59 Å². The Labute approximate surface area is 588 Å². The number of ketones is 2. The highest BCUT2D eigenvalue weighted by atomic mass is 32.2. The quantitative estimate of drug-likeness (QED) is 0.107. The molecule has 0 fully saturated rings. The predicted octanol–water partition coefficient (Wildman–Crippen LogP) is 26.3. The molecule has 4 atom stereocenters. The van der Waals surface area contributed by atoms with E-state index < -0.39 is 24.2 Å². The molecule has 0 amide bonds. The fourth-order valence-corrected chi connectivity index (χ4v) is 39.1. The number of rotatable bonds is 9. The number of benzene rings is 7. The molecule has 2 nitrogen and oxygen atoms in total. The highest BCUT2D eigenvalue weighted by molar-refractivity contribution is 8.00. The Balaban J connectivity index is 0.000000178. The molecule has 3 aliphatic carbocycles. The van der Waals surface area contributed by atoms with Gasteiger partial charge >= 0.3 is 0 Å². The van der Waals surface area contributed by atoms with Crippen LogP contribution in [0.5, 0.6) is 0 Å². The molecule has 7 aromatic carbocycles. The Morgan fingerprint density at radius 1 is 0.432 bits per heavy atom. The second kappa shape index (κ2) is 27.3. The van der Waals surface area contributed by atoms with Gasteiger partial charge < -0.3 is 0 Å². The second-order valence-corrected chi connectivity index (χ2v) is 51.0. The largest absolute Gasteiger partial charge is 0.289 e. The lowest BCUT2D eigenvalue weighted by Crippen LogP contribution is -2.43. The maximum Gasteiger partial charge on any atom is 0.195 e. The molecular formula is C86H96O2S4Si3. The monoisotopic (exact) mass is 1370 g/mol. The molecule has 0 bridgehead atoms. The van der Waals surface area contributed by atoms with Crippen molar-refractivity contribution in [1.29, 1.82) is 0 Å². The van der Waals surface area contributed by atoms with Crippen LogP contribution in [-0.4, -0.2) is 41.0 Å². The molecule has 5 aliphatic rings. The van der Waals surface area contributed by atoms with E-state index in [-0.39, 0.29) is 35.4 Å². The first kappa shape index (κ1) is 70.2. The van der Waals surface area contributed by atoms with Crippen molar-refractivity contribution in [3.05, 3.63) is 195 Å². The zero-order valence-corrected chi connectivity index (χ0v) is 64.7. The fourth-order valence-electron chi connectivity index (χ4n) is 18.2. The number of Topliss-reactive ketones (excluding diaryl/α,β-unsaturated/α-hetero) is 2. The summed E-state index contributed by atoms with van der Waals surface area (Å²) in [4.78, 5) is 30.0. The number of carbonyl (C=O) groups is 2. The van der Waals surface area contributed by atoms with Gasteiger partial charge in [0.1, 0.15) is 24.2 Å².